The van der Waals surface area contributed by atoms with E-state index in [4.69, 9.17) is 0 Å². The lowest BCUT2D eigenvalue weighted by atomic mass is 10.3. The van der Waals surface area contributed by atoms with Gasteiger partial charge in [-0.05, 0) is 12.2 Å². The van der Waals surface area contributed by atoms with E-state index in [2.05, 4.69) is 15.5 Å². The zero-order valence-electron chi connectivity index (χ0n) is 5.60. The third-order valence-corrected chi connectivity index (χ3v) is 1.57. The highest BCUT2D eigenvalue weighted by Gasteiger charge is 2.31. The Labute approximate surface area is 58.4 Å². The van der Waals surface area contributed by atoms with Gasteiger partial charge in [-0.1, -0.05) is 5.10 Å². The fourth-order valence-electron chi connectivity index (χ4n) is 0.935. The average Bonchev–Trinajstić information content (AvgIpc) is 2.29. The van der Waals surface area contributed by atoms with Gasteiger partial charge in [0, 0.05) is 11.3 Å². The molecule has 2 aliphatic rings. The van der Waals surface area contributed by atoms with Crippen LogP contribution in [-0.2, 0) is 0 Å². The largest absolute Gasteiger partial charge is 0.281 e. The number of allylic oxidation sites excluding steroid dienone is 2. The summed E-state index contributed by atoms with van der Waals surface area (Å²) in [5, 5.41) is 11.3. The maximum Gasteiger partial charge on any atom is 0.281 e. The zero-order chi connectivity index (χ0) is 7.03. The van der Waals surface area contributed by atoms with Gasteiger partial charge in [-0.3, -0.25) is 0 Å². The number of hydrogen-bond donors (Lipinski definition) is 0. The van der Waals surface area contributed by atoms with Crippen LogP contribution in [0.1, 0.15) is 0 Å². The number of likely N-dealkylation sites (N-methyl/N-ethyl adjacent to an activating group) is 1. The molecule has 0 aromatic rings. The van der Waals surface area contributed by atoms with E-state index < -0.39 is 0 Å². The molecule has 0 aliphatic carbocycles. The van der Waals surface area contributed by atoms with Crippen LogP contribution < -0.4 is 0 Å². The van der Waals surface area contributed by atoms with E-state index >= 15 is 0 Å². The summed E-state index contributed by atoms with van der Waals surface area (Å²) in [6, 6.07) is 0. The van der Waals surface area contributed by atoms with Gasteiger partial charge in [0.2, 0.25) is 0 Å². The average molecular weight is 135 g/mol. The summed E-state index contributed by atoms with van der Waals surface area (Å²) in [4.78, 5) is 0. The first-order chi connectivity index (χ1) is 4.81. The van der Waals surface area contributed by atoms with Crippen molar-refractivity contribution >= 4 is 5.84 Å². The molecule has 50 valence electrons. The van der Waals surface area contributed by atoms with Crippen molar-refractivity contribution in [2.24, 2.45) is 15.5 Å². The van der Waals surface area contributed by atoms with Crippen molar-refractivity contribution in [3.05, 3.63) is 24.4 Å². The highest BCUT2D eigenvalue weighted by molar-refractivity contribution is 5.88. The molecule has 1 atom stereocenters. The first kappa shape index (κ1) is 5.49. The number of rotatable bonds is 0. The Hall–Kier alpha value is -1.29. The molecular formula is C6H7N4+. The molecule has 0 amide bonds. The standard InChI is InChI=1S/C6H7N4/c1-10-5-3-2-4-6(10)7-8-9-10/h2-5H,1H3/q+1. The first-order valence-electron chi connectivity index (χ1n) is 3.04. The summed E-state index contributed by atoms with van der Waals surface area (Å²) < 4.78 is 0.358. The molecule has 0 radical (unpaired) electrons. The van der Waals surface area contributed by atoms with Crippen molar-refractivity contribution in [1.29, 1.82) is 0 Å². The predicted octanol–water partition coefficient (Wildman–Crippen LogP) is 1.21. The molecule has 4 nitrogen and oxygen atoms in total. The van der Waals surface area contributed by atoms with Crippen molar-refractivity contribution in [2.75, 3.05) is 7.05 Å². The van der Waals surface area contributed by atoms with Gasteiger partial charge in [-0.25, -0.2) is 0 Å². The Morgan fingerprint density at radius 3 is 3.10 bits per heavy atom. The van der Waals surface area contributed by atoms with Gasteiger partial charge in [0.25, 0.3) is 5.84 Å². The Morgan fingerprint density at radius 2 is 2.30 bits per heavy atom. The molecule has 1 unspecified atom stereocenters. The van der Waals surface area contributed by atoms with Crippen LogP contribution in [0, 0.1) is 0 Å². The second-order valence-electron chi connectivity index (χ2n) is 2.36. The van der Waals surface area contributed by atoms with E-state index in [1.807, 2.05) is 31.5 Å². The summed E-state index contributed by atoms with van der Waals surface area (Å²) >= 11 is 0. The predicted molar refractivity (Wildman–Crippen MR) is 36.8 cm³/mol. The van der Waals surface area contributed by atoms with Crippen LogP contribution in [0.25, 0.3) is 0 Å². The highest BCUT2D eigenvalue weighted by Crippen LogP contribution is 2.18. The molecule has 0 bridgehead atoms. The smallest absolute Gasteiger partial charge is 0.104 e. The Balaban J connectivity index is 2.51. The molecule has 0 aromatic carbocycles. The van der Waals surface area contributed by atoms with Crippen LogP contribution in [0.4, 0.5) is 0 Å². The molecule has 2 aliphatic heterocycles. The molecule has 0 spiro atoms. The van der Waals surface area contributed by atoms with Crippen molar-refractivity contribution < 1.29 is 4.59 Å². The molecule has 0 aromatic heterocycles. The van der Waals surface area contributed by atoms with Crippen molar-refractivity contribution in [3.8, 4) is 0 Å². The van der Waals surface area contributed by atoms with E-state index in [0.29, 0.717) is 4.59 Å². The minimum atomic E-state index is 0.358. The maximum absolute atomic E-state index is 3.91. The summed E-state index contributed by atoms with van der Waals surface area (Å²) in [6.07, 6.45) is 7.69. The third-order valence-electron chi connectivity index (χ3n) is 1.57. The summed E-state index contributed by atoms with van der Waals surface area (Å²) in [6.45, 7) is 0. The Kier molecular flexibility index (Phi) is 0.881. The minimum absolute atomic E-state index is 0.358. The number of fused-ring (bicyclic) bond motifs is 1. The molecule has 4 heteroatoms. The topological polar surface area (TPSA) is 37.1 Å². The van der Waals surface area contributed by atoms with E-state index in [9.17, 15) is 0 Å². The monoisotopic (exact) mass is 135 g/mol. The molecule has 2 rings (SSSR count). The molecular weight excluding hydrogens is 128 g/mol. The van der Waals surface area contributed by atoms with E-state index in [1.54, 1.807) is 0 Å². The Morgan fingerprint density at radius 1 is 1.40 bits per heavy atom. The number of amidine groups is 1. The van der Waals surface area contributed by atoms with Gasteiger partial charge in [-0.2, -0.15) is 0 Å². The van der Waals surface area contributed by atoms with Gasteiger partial charge in [0.15, 0.2) is 0 Å². The fourth-order valence-corrected chi connectivity index (χ4v) is 0.935. The highest BCUT2D eigenvalue weighted by atomic mass is 15.8. The summed E-state index contributed by atoms with van der Waals surface area (Å²) in [7, 11) is 1.93. The second-order valence-corrected chi connectivity index (χ2v) is 2.36. The minimum Gasteiger partial charge on any atom is -0.104 e. The fraction of sp³-hybridized carbons (Fsp3) is 0.167. The molecule has 2 heterocycles. The van der Waals surface area contributed by atoms with Crippen LogP contribution in [0.5, 0.6) is 0 Å². The molecule has 0 saturated heterocycles. The third kappa shape index (κ3) is 0.563. The lowest BCUT2D eigenvalue weighted by Gasteiger charge is -2.16. The Bertz CT molecular complexity index is 273. The van der Waals surface area contributed by atoms with Gasteiger partial charge < -0.3 is 0 Å². The zero-order valence-corrected chi connectivity index (χ0v) is 5.60. The summed E-state index contributed by atoms with van der Waals surface area (Å²) in [5.74, 6) is 0.863. The second kappa shape index (κ2) is 1.60. The van der Waals surface area contributed by atoms with Crippen LogP contribution in [-0.4, -0.2) is 17.5 Å². The number of nitrogens with zero attached hydrogens (tertiary/aromatic N) is 4. The normalized spacial score (nSPS) is 34.3. The lowest BCUT2D eigenvalue weighted by molar-refractivity contribution is -0.773. The summed E-state index contributed by atoms with van der Waals surface area (Å²) in [5.41, 5.74) is 0. The molecule has 0 fully saturated rings. The maximum atomic E-state index is 3.91. The van der Waals surface area contributed by atoms with Crippen molar-refractivity contribution in [2.45, 2.75) is 0 Å². The van der Waals surface area contributed by atoms with Crippen LogP contribution in [0.15, 0.2) is 40.0 Å². The van der Waals surface area contributed by atoms with Crippen LogP contribution >= 0.6 is 0 Å². The SMILES string of the molecule is C[N+]12C=CC=CC1=NN=N2. The van der Waals surface area contributed by atoms with Gasteiger partial charge >= 0.3 is 0 Å². The molecule has 10 heavy (non-hydrogen) atoms. The van der Waals surface area contributed by atoms with Gasteiger partial charge in [-0.15, -0.1) is 4.59 Å². The van der Waals surface area contributed by atoms with Crippen LogP contribution in [0.2, 0.25) is 0 Å². The van der Waals surface area contributed by atoms with Crippen molar-refractivity contribution in [1.82, 2.24) is 0 Å². The molecule has 0 saturated carbocycles. The quantitative estimate of drug-likeness (QED) is 0.448. The van der Waals surface area contributed by atoms with Gasteiger partial charge in [0.05, 0.1) is 5.22 Å². The lowest BCUT2D eigenvalue weighted by Crippen LogP contribution is -2.36. The van der Waals surface area contributed by atoms with E-state index in [-0.39, 0.29) is 0 Å². The number of hydrogen-bond acceptors (Lipinski definition) is 3. The van der Waals surface area contributed by atoms with Crippen LogP contribution in [0.3, 0.4) is 0 Å². The number of quaternary nitrogens is 1. The van der Waals surface area contributed by atoms with E-state index in [0.717, 1.165) is 5.84 Å². The van der Waals surface area contributed by atoms with Gasteiger partial charge in [0.1, 0.15) is 13.2 Å². The van der Waals surface area contributed by atoms with Crippen molar-refractivity contribution in [3.63, 3.8) is 0 Å². The molecule has 0 N–H and O–H groups in total. The first-order valence-corrected chi connectivity index (χ1v) is 3.04. The van der Waals surface area contributed by atoms with E-state index in [1.165, 1.54) is 0 Å².